The van der Waals surface area contributed by atoms with E-state index in [1.54, 1.807) is 0 Å². The zero-order valence-corrected chi connectivity index (χ0v) is 16.9. The number of phenols is 2. The van der Waals surface area contributed by atoms with Gasteiger partial charge in [0.1, 0.15) is 36.3 Å². The van der Waals surface area contributed by atoms with Gasteiger partial charge in [-0.1, -0.05) is 0 Å². The van der Waals surface area contributed by atoms with Crippen LogP contribution >= 0.6 is 0 Å². The summed E-state index contributed by atoms with van der Waals surface area (Å²) < 4.78 is 11.9. The Morgan fingerprint density at radius 2 is 1.94 bits per heavy atom. The Hall–Kier alpha value is -3.23. The van der Waals surface area contributed by atoms with Crippen LogP contribution in [0.25, 0.3) is 11.2 Å². The summed E-state index contributed by atoms with van der Waals surface area (Å²) in [6.07, 6.45) is -4.13. The zero-order chi connectivity index (χ0) is 23.0. The number of aromatic nitrogens is 4. The average molecular weight is 449 g/mol. The van der Waals surface area contributed by atoms with Gasteiger partial charge in [-0.05, 0) is 12.1 Å². The minimum atomic E-state index is -1.55. The van der Waals surface area contributed by atoms with Gasteiger partial charge in [0.05, 0.1) is 26.6 Å². The molecule has 32 heavy (non-hydrogen) atoms. The number of H-pyrrole nitrogens is 1. The van der Waals surface area contributed by atoms with Crippen LogP contribution in [0.5, 0.6) is 17.2 Å². The van der Waals surface area contributed by atoms with Crippen LogP contribution in [0.2, 0.25) is 0 Å². The molecule has 7 N–H and O–H groups in total. The molecular formula is C19H23N5O8. The Labute approximate surface area is 180 Å². The number of phenolic OH excluding ortho intramolecular Hbond substituents is 2. The molecule has 4 rings (SSSR count). The lowest BCUT2D eigenvalue weighted by Gasteiger charge is -2.40. The first-order chi connectivity index (χ1) is 15.4. The minimum Gasteiger partial charge on any atom is -0.504 e. The molecule has 1 aliphatic rings. The summed E-state index contributed by atoms with van der Waals surface area (Å²) in [6.45, 7) is -0.556. The summed E-state index contributed by atoms with van der Waals surface area (Å²) in [5.74, 6) is -0.515. The van der Waals surface area contributed by atoms with Gasteiger partial charge in [-0.15, -0.1) is 0 Å². The molecule has 1 saturated heterocycles. The largest absolute Gasteiger partial charge is 0.504 e. The highest BCUT2D eigenvalue weighted by Crippen LogP contribution is 2.38. The Balaban J connectivity index is 1.71. The smallest absolute Gasteiger partial charge is 0.203 e. The number of aliphatic hydroxyl groups is 4. The molecule has 0 radical (unpaired) electrons. The first-order valence-corrected chi connectivity index (χ1v) is 9.66. The van der Waals surface area contributed by atoms with Crippen molar-refractivity contribution in [1.82, 2.24) is 19.5 Å². The highest BCUT2D eigenvalue weighted by atomic mass is 16.6. The number of nitrogens with one attached hydrogen (secondary N) is 1. The van der Waals surface area contributed by atoms with Gasteiger partial charge in [-0.3, -0.25) is 9.56 Å². The Bertz CT molecular complexity index is 1180. The number of benzene rings is 1. The quantitative estimate of drug-likeness (QED) is 0.234. The molecule has 0 bridgehead atoms. The zero-order valence-electron chi connectivity index (χ0n) is 16.9. The fraction of sp³-hybridized carbons (Fsp3) is 0.421. The van der Waals surface area contributed by atoms with Crippen LogP contribution in [-0.2, 0) is 11.3 Å². The molecule has 13 nitrogen and oxygen atoms in total. The molecule has 2 aromatic heterocycles. The van der Waals surface area contributed by atoms with Crippen molar-refractivity contribution in [2.75, 3.05) is 13.7 Å². The molecule has 1 aromatic carbocycles. The number of nitrogens with zero attached hydrogens (tertiary/aromatic N) is 4. The van der Waals surface area contributed by atoms with Crippen molar-refractivity contribution in [3.05, 3.63) is 35.8 Å². The van der Waals surface area contributed by atoms with E-state index in [0.717, 1.165) is 0 Å². The van der Waals surface area contributed by atoms with E-state index in [2.05, 4.69) is 19.9 Å². The molecular weight excluding hydrogens is 426 g/mol. The highest BCUT2D eigenvalue weighted by molar-refractivity contribution is 5.68. The van der Waals surface area contributed by atoms with Crippen molar-refractivity contribution in [3.8, 4) is 17.2 Å². The van der Waals surface area contributed by atoms with Crippen molar-refractivity contribution < 1.29 is 40.1 Å². The normalized spacial score (nSPS) is 26.5. The summed E-state index contributed by atoms with van der Waals surface area (Å²) in [4.78, 5) is 15.7. The Morgan fingerprint density at radius 3 is 2.66 bits per heavy atom. The standard InChI is InChI=1S/C19H23N5O8/c1-31-16-9(26)3-2-8(12(16)27)4-20-17-11-18(22-6-21-11)24(7-23-17)19-15(30)14(29)13(28)10(5-25)32-19/h2-3,6-7,10,13-15,19,25-30H,4-5H2,1H3,(H,21,22)/t10-,13-,14+,15-,19?/m1/s1. The second kappa shape index (κ2) is 8.72. The molecule has 13 heteroatoms. The van der Waals surface area contributed by atoms with Crippen LogP contribution in [0, 0.1) is 0 Å². The number of hydrogen-bond acceptors (Lipinski definition) is 11. The number of hydrogen-bond donors (Lipinski definition) is 7. The number of aliphatic hydroxyl groups excluding tert-OH is 4. The van der Waals surface area contributed by atoms with Crippen LogP contribution in [0.1, 0.15) is 11.8 Å². The van der Waals surface area contributed by atoms with Crippen molar-refractivity contribution in [2.45, 2.75) is 37.2 Å². The van der Waals surface area contributed by atoms with E-state index in [4.69, 9.17) is 9.47 Å². The SMILES string of the molecule is COc1c(O)ccc(CN=c2ncn(C3O[C@H](CO)[C@@H](O)[C@H](O)[C@H]3O)c3nc[nH]c23)c1O. The average Bonchev–Trinajstić information content (AvgIpc) is 3.28. The van der Waals surface area contributed by atoms with Crippen LogP contribution in [0.15, 0.2) is 29.8 Å². The molecule has 3 heterocycles. The van der Waals surface area contributed by atoms with Gasteiger partial charge in [0.15, 0.2) is 28.9 Å². The summed E-state index contributed by atoms with van der Waals surface area (Å²) >= 11 is 0. The summed E-state index contributed by atoms with van der Waals surface area (Å²) in [7, 11) is 1.32. The van der Waals surface area contributed by atoms with E-state index in [1.807, 2.05) is 0 Å². The topological polar surface area (TPSA) is 199 Å². The van der Waals surface area contributed by atoms with Crippen LogP contribution in [-0.4, -0.2) is 88.3 Å². The lowest BCUT2D eigenvalue weighted by atomic mass is 9.98. The van der Waals surface area contributed by atoms with E-state index >= 15 is 0 Å². The van der Waals surface area contributed by atoms with Gasteiger partial charge in [-0.25, -0.2) is 9.97 Å². The van der Waals surface area contributed by atoms with Crippen LogP contribution in [0.3, 0.4) is 0 Å². The third-order valence-electron chi connectivity index (χ3n) is 5.33. The van der Waals surface area contributed by atoms with Crippen LogP contribution in [0.4, 0.5) is 0 Å². The van der Waals surface area contributed by atoms with Gasteiger partial charge in [0.25, 0.3) is 0 Å². The predicted molar refractivity (Wildman–Crippen MR) is 106 cm³/mol. The number of imidazole rings is 1. The molecule has 1 unspecified atom stereocenters. The lowest BCUT2D eigenvalue weighted by Crippen LogP contribution is -2.56. The third kappa shape index (κ3) is 3.65. The fourth-order valence-electron chi connectivity index (χ4n) is 3.59. The van der Waals surface area contributed by atoms with Gasteiger partial charge in [-0.2, -0.15) is 0 Å². The minimum absolute atomic E-state index is 0.00759. The molecule has 1 aliphatic heterocycles. The molecule has 1 fully saturated rings. The number of ether oxygens (including phenoxy) is 2. The van der Waals surface area contributed by atoms with Crippen molar-refractivity contribution in [1.29, 1.82) is 0 Å². The molecule has 5 atom stereocenters. The molecule has 0 saturated carbocycles. The van der Waals surface area contributed by atoms with Gasteiger partial charge >= 0.3 is 0 Å². The monoisotopic (exact) mass is 449 g/mol. The molecule has 3 aromatic rings. The van der Waals surface area contributed by atoms with Gasteiger partial charge in [0.2, 0.25) is 5.75 Å². The number of rotatable bonds is 5. The fourth-order valence-corrected chi connectivity index (χ4v) is 3.59. The van der Waals surface area contributed by atoms with E-state index in [9.17, 15) is 30.6 Å². The number of aromatic amines is 1. The number of methoxy groups -OCH3 is 1. The molecule has 0 aliphatic carbocycles. The summed E-state index contributed by atoms with van der Waals surface area (Å²) in [5, 5.41) is 59.9. The van der Waals surface area contributed by atoms with Gasteiger partial charge in [0, 0.05) is 5.56 Å². The van der Waals surface area contributed by atoms with E-state index in [0.29, 0.717) is 11.1 Å². The third-order valence-corrected chi connectivity index (χ3v) is 5.33. The molecule has 0 spiro atoms. The van der Waals surface area contributed by atoms with E-state index in [1.165, 1.54) is 36.5 Å². The summed E-state index contributed by atoms with van der Waals surface area (Å²) in [5.41, 5.74) is 1.30. The maximum Gasteiger partial charge on any atom is 0.203 e. The van der Waals surface area contributed by atoms with Crippen molar-refractivity contribution in [2.24, 2.45) is 4.99 Å². The first-order valence-electron chi connectivity index (χ1n) is 9.66. The first kappa shape index (κ1) is 22.0. The predicted octanol–water partition coefficient (Wildman–Crippen LogP) is -1.75. The number of fused-ring (bicyclic) bond motifs is 1. The lowest BCUT2D eigenvalue weighted by molar-refractivity contribution is -0.250. The second-order valence-electron chi connectivity index (χ2n) is 7.24. The molecule has 172 valence electrons. The maximum atomic E-state index is 10.4. The maximum absolute atomic E-state index is 10.4. The molecule has 0 amide bonds. The van der Waals surface area contributed by atoms with Crippen LogP contribution < -0.4 is 10.2 Å². The van der Waals surface area contributed by atoms with E-state index in [-0.39, 0.29) is 34.9 Å². The summed E-state index contributed by atoms with van der Waals surface area (Å²) in [6, 6.07) is 2.87. The Kier molecular flexibility index (Phi) is 5.99. The Morgan fingerprint density at radius 1 is 1.16 bits per heavy atom. The van der Waals surface area contributed by atoms with Crippen molar-refractivity contribution in [3.63, 3.8) is 0 Å². The van der Waals surface area contributed by atoms with Crippen molar-refractivity contribution >= 4 is 11.2 Å². The second-order valence-corrected chi connectivity index (χ2v) is 7.24. The highest BCUT2D eigenvalue weighted by Gasteiger charge is 2.44. The van der Waals surface area contributed by atoms with E-state index < -0.39 is 37.3 Å². The number of aromatic hydroxyl groups is 2. The van der Waals surface area contributed by atoms with Gasteiger partial charge < -0.3 is 45.1 Å².